The average molecular weight is 217 g/mol. The summed E-state index contributed by atoms with van der Waals surface area (Å²) in [6.45, 7) is 2.63. The third-order valence-electron chi connectivity index (χ3n) is 2.35. The van der Waals surface area contributed by atoms with Gasteiger partial charge < -0.3 is 15.1 Å². The zero-order valence-corrected chi connectivity index (χ0v) is 9.47. The highest BCUT2D eigenvalue weighted by atomic mass is 16.3. The van der Waals surface area contributed by atoms with Crippen LogP contribution in [0.2, 0.25) is 0 Å². The SMILES string of the molecule is Cc1ccc(CN(C)c2ccc(N)cn2)o1. The van der Waals surface area contributed by atoms with Gasteiger partial charge in [-0.05, 0) is 31.2 Å². The Balaban J connectivity index is 2.08. The fourth-order valence-electron chi connectivity index (χ4n) is 1.51. The number of anilines is 2. The van der Waals surface area contributed by atoms with E-state index in [4.69, 9.17) is 10.2 Å². The maximum Gasteiger partial charge on any atom is 0.128 e. The lowest BCUT2D eigenvalue weighted by molar-refractivity contribution is 0.481. The summed E-state index contributed by atoms with van der Waals surface area (Å²) in [5.74, 6) is 2.73. The lowest BCUT2D eigenvalue weighted by atomic mass is 10.3. The Morgan fingerprint density at radius 1 is 1.31 bits per heavy atom. The zero-order valence-electron chi connectivity index (χ0n) is 9.47. The van der Waals surface area contributed by atoms with Gasteiger partial charge in [0.25, 0.3) is 0 Å². The first kappa shape index (κ1) is 10.5. The Hall–Kier alpha value is -1.97. The predicted molar refractivity (Wildman–Crippen MR) is 64.2 cm³/mol. The van der Waals surface area contributed by atoms with E-state index in [-0.39, 0.29) is 0 Å². The quantitative estimate of drug-likeness (QED) is 0.856. The first-order valence-corrected chi connectivity index (χ1v) is 5.13. The number of nitrogens with zero attached hydrogens (tertiary/aromatic N) is 2. The minimum atomic E-state index is 0.672. The molecule has 0 fully saturated rings. The molecule has 0 aliphatic rings. The van der Waals surface area contributed by atoms with E-state index >= 15 is 0 Å². The highest BCUT2D eigenvalue weighted by Gasteiger charge is 2.05. The van der Waals surface area contributed by atoms with Gasteiger partial charge in [-0.3, -0.25) is 0 Å². The molecule has 2 aromatic rings. The largest absolute Gasteiger partial charge is 0.464 e. The summed E-state index contributed by atoms with van der Waals surface area (Å²) in [6.07, 6.45) is 1.65. The molecule has 0 saturated carbocycles. The second-order valence-corrected chi connectivity index (χ2v) is 3.82. The number of pyridine rings is 1. The van der Waals surface area contributed by atoms with Crippen LogP contribution < -0.4 is 10.6 Å². The van der Waals surface area contributed by atoms with Crippen molar-refractivity contribution in [2.75, 3.05) is 17.7 Å². The van der Waals surface area contributed by atoms with Crippen LogP contribution in [0, 0.1) is 6.92 Å². The molecule has 84 valence electrons. The van der Waals surface area contributed by atoms with Crippen LogP contribution in [-0.2, 0) is 6.54 Å². The van der Waals surface area contributed by atoms with Crippen LogP contribution in [0.4, 0.5) is 11.5 Å². The van der Waals surface area contributed by atoms with Gasteiger partial charge >= 0.3 is 0 Å². The normalized spacial score (nSPS) is 10.4. The Labute approximate surface area is 94.7 Å². The van der Waals surface area contributed by atoms with Crippen LogP contribution in [0.3, 0.4) is 0 Å². The summed E-state index contributed by atoms with van der Waals surface area (Å²) in [4.78, 5) is 6.25. The minimum Gasteiger partial charge on any atom is -0.464 e. The zero-order chi connectivity index (χ0) is 11.5. The van der Waals surface area contributed by atoms with Crippen molar-refractivity contribution in [2.45, 2.75) is 13.5 Å². The molecule has 0 spiro atoms. The second-order valence-electron chi connectivity index (χ2n) is 3.82. The van der Waals surface area contributed by atoms with E-state index in [1.165, 1.54) is 0 Å². The molecule has 2 rings (SSSR count). The number of furan rings is 1. The number of hydrogen-bond acceptors (Lipinski definition) is 4. The fraction of sp³-hybridized carbons (Fsp3) is 0.250. The summed E-state index contributed by atoms with van der Waals surface area (Å²) in [5.41, 5.74) is 6.26. The number of nitrogen functional groups attached to an aromatic ring is 1. The molecule has 0 bridgehead atoms. The van der Waals surface area contributed by atoms with Crippen molar-refractivity contribution >= 4 is 11.5 Å². The number of hydrogen-bond donors (Lipinski definition) is 1. The van der Waals surface area contributed by atoms with E-state index in [1.54, 1.807) is 6.20 Å². The van der Waals surface area contributed by atoms with Gasteiger partial charge in [-0.2, -0.15) is 0 Å². The van der Waals surface area contributed by atoms with E-state index in [2.05, 4.69) is 4.98 Å². The lowest BCUT2D eigenvalue weighted by Gasteiger charge is -2.16. The molecular weight excluding hydrogens is 202 g/mol. The molecule has 4 nitrogen and oxygen atoms in total. The van der Waals surface area contributed by atoms with E-state index in [0.717, 1.165) is 17.3 Å². The average Bonchev–Trinajstić information content (AvgIpc) is 2.65. The predicted octanol–water partition coefficient (Wildman–Crippen LogP) is 2.20. The molecular formula is C12H15N3O. The molecule has 2 aromatic heterocycles. The molecule has 0 aliphatic carbocycles. The van der Waals surface area contributed by atoms with Gasteiger partial charge in [-0.15, -0.1) is 0 Å². The Morgan fingerprint density at radius 2 is 2.12 bits per heavy atom. The summed E-state index contributed by atoms with van der Waals surface area (Å²) in [5, 5.41) is 0. The molecule has 0 unspecified atom stereocenters. The van der Waals surface area contributed by atoms with E-state index in [1.807, 2.05) is 43.1 Å². The number of nitrogens with two attached hydrogens (primary N) is 1. The fourth-order valence-corrected chi connectivity index (χ4v) is 1.51. The van der Waals surface area contributed by atoms with Crippen molar-refractivity contribution in [3.05, 3.63) is 42.0 Å². The Kier molecular flexibility index (Phi) is 2.81. The van der Waals surface area contributed by atoms with Crippen LogP contribution in [0.25, 0.3) is 0 Å². The molecule has 0 amide bonds. The molecule has 0 saturated heterocycles. The molecule has 2 heterocycles. The van der Waals surface area contributed by atoms with Crippen LogP contribution in [0.15, 0.2) is 34.9 Å². The van der Waals surface area contributed by atoms with E-state index in [0.29, 0.717) is 12.2 Å². The third kappa shape index (κ3) is 2.34. The smallest absolute Gasteiger partial charge is 0.128 e. The van der Waals surface area contributed by atoms with Gasteiger partial charge in [0.2, 0.25) is 0 Å². The molecule has 2 N–H and O–H groups in total. The lowest BCUT2D eigenvalue weighted by Crippen LogP contribution is -2.17. The van der Waals surface area contributed by atoms with Crippen molar-refractivity contribution in [2.24, 2.45) is 0 Å². The molecule has 16 heavy (non-hydrogen) atoms. The van der Waals surface area contributed by atoms with Gasteiger partial charge in [-0.1, -0.05) is 0 Å². The van der Waals surface area contributed by atoms with Crippen LogP contribution in [0.1, 0.15) is 11.5 Å². The highest BCUT2D eigenvalue weighted by molar-refractivity contribution is 5.45. The first-order chi connectivity index (χ1) is 7.65. The van der Waals surface area contributed by atoms with Crippen molar-refractivity contribution < 1.29 is 4.42 Å². The van der Waals surface area contributed by atoms with Crippen LogP contribution in [0.5, 0.6) is 0 Å². The van der Waals surface area contributed by atoms with Crippen molar-refractivity contribution in [3.63, 3.8) is 0 Å². The summed E-state index contributed by atoms with van der Waals surface area (Å²) in [7, 11) is 1.97. The van der Waals surface area contributed by atoms with Crippen molar-refractivity contribution in [1.29, 1.82) is 0 Å². The molecule has 0 radical (unpaired) electrons. The standard InChI is InChI=1S/C12H15N3O/c1-9-3-5-11(16-9)8-15(2)12-6-4-10(13)7-14-12/h3-7H,8,13H2,1-2H3. The second kappa shape index (κ2) is 4.26. The number of rotatable bonds is 3. The molecule has 0 aliphatic heterocycles. The maximum absolute atomic E-state index is 5.58. The number of aromatic nitrogens is 1. The molecule has 4 heteroatoms. The summed E-state index contributed by atoms with van der Waals surface area (Å²) in [6, 6.07) is 7.67. The van der Waals surface area contributed by atoms with Gasteiger partial charge in [-0.25, -0.2) is 4.98 Å². The summed E-state index contributed by atoms with van der Waals surface area (Å²) < 4.78 is 5.51. The first-order valence-electron chi connectivity index (χ1n) is 5.13. The van der Waals surface area contributed by atoms with Gasteiger partial charge in [0.1, 0.15) is 17.3 Å². The van der Waals surface area contributed by atoms with Crippen molar-refractivity contribution in [1.82, 2.24) is 4.98 Å². The van der Waals surface area contributed by atoms with Crippen molar-refractivity contribution in [3.8, 4) is 0 Å². The summed E-state index contributed by atoms with van der Waals surface area (Å²) >= 11 is 0. The number of aryl methyl sites for hydroxylation is 1. The van der Waals surface area contributed by atoms with Gasteiger partial charge in [0.15, 0.2) is 0 Å². The monoisotopic (exact) mass is 217 g/mol. The molecule has 0 atom stereocenters. The van der Waals surface area contributed by atoms with E-state index < -0.39 is 0 Å². The highest BCUT2D eigenvalue weighted by Crippen LogP contribution is 2.15. The van der Waals surface area contributed by atoms with Gasteiger partial charge in [0, 0.05) is 7.05 Å². The van der Waals surface area contributed by atoms with Crippen LogP contribution in [-0.4, -0.2) is 12.0 Å². The minimum absolute atomic E-state index is 0.672. The third-order valence-corrected chi connectivity index (χ3v) is 2.35. The maximum atomic E-state index is 5.58. The Morgan fingerprint density at radius 3 is 2.69 bits per heavy atom. The Bertz CT molecular complexity index is 461. The topological polar surface area (TPSA) is 55.3 Å². The molecule has 0 aromatic carbocycles. The van der Waals surface area contributed by atoms with Gasteiger partial charge in [0.05, 0.1) is 18.4 Å². The van der Waals surface area contributed by atoms with E-state index in [9.17, 15) is 0 Å². The van der Waals surface area contributed by atoms with Crippen LogP contribution >= 0.6 is 0 Å².